The van der Waals surface area contributed by atoms with Crippen LogP contribution in [0, 0.1) is 24.0 Å². The molecule has 0 bridgehead atoms. The van der Waals surface area contributed by atoms with Crippen LogP contribution >= 0.6 is 11.3 Å². The zero-order valence-corrected chi connectivity index (χ0v) is 15.2. The van der Waals surface area contributed by atoms with Crippen molar-refractivity contribution in [3.8, 4) is 5.75 Å². The van der Waals surface area contributed by atoms with Crippen LogP contribution in [0.15, 0.2) is 9.90 Å². The maximum absolute atomic E-state index is 12.9. The Labute approximate surface area is 152 Å². The van der Waals surface area contributed by atoms with Gasteiger partial charge in [-0.1, -0.05) is 16.5 Å². The lowest BCUT2D eigenvalue weighted by atomic mass is 10.2. The number of nitrogens with zero attached hydrogens (tertiary/aromatic N) is 4. The Morgan fingerprint density at radius 2 is 1.96 bits per heavy atom. The number of aromatic nitrogens is 1. The first-order valence-corrected chi connectivity index (χ1v) is 8.61. The maximum Gasteiger partial charge on any atom is 0.366 e. The highest BCUT2D eigenvalue weighted by molar-refractivity contribution is 7.14. The summed E-state index contributed by atoms with van der Waals surface area (Å²) in [5, 5.41) is 18.6. The predicted molar refractivity (Wildman–Crippen MR) is 90.2 cm³/mol. The van der Waals surface area contributed by atoms with E-state index in [4.69, 9.17) is 9.26 Å². The van der Waals surface area contributed by atoms with E-state index in [1.54, 1.807) is 13.8 Å². The molecule has 2 aromatic rings. The summed E-state index contributed by atoms with van der Waals surface area (Å²) in [5.74, 6) is -0.642. The molecule has 0 aliphatic carbocycles. The molecular weight excluding hydrogens is 364 g/mol. The van der Waals surface area contributed by atoms with Gasteiger partial charge in [0.1, 0.15) is 16.9 Å². The van der Waals surface area contributed by atoms with Crippen LogP contribution in [0.4, 0.5) is 5.00 Å². The summed E-state index contributed by atoms with van der Waals surface area (Å²) in [6.07, 6.45) is 0.593. The third-order valence-electron chi connectivity index (χ3n) is 4.07. The minimum atomic E-state index is -0.600. The van der Waals surface area contributed by atoms with E-state index in [0.717, 1.165) is 11.3 Å². The summed E-state index contributed by atoms with van der Waals surface area (Å²) >= 11 is 0.808. The average Bonchev–Trinajstić information content (AvgIpc) is 3.31. The monoisotopic (exact) mass is 380 g/mol. The van der Waals surface area contributed by atoms with Crippen LogP contribution in [-0.4, -0.2) is 52.1 Å². The number of carbonyl (C=O) groups is 2. The molecule has 1 saturated heterocycles. The number of nitro groups is 1. The summed E-state index contributed by atoms with van der Waals surface area (Å²) < 4.78 is 10.1. The van der Waals surface area contributed by atoms with Crippen molar-refractivity contribution in [1.82, 2.24) is 15.2 Å². The number of ether oxygens (including phenoxy) is 1. The van der Waals surface area contributed by atoms with Crippen LogP contribution in [0.2, 0.25) is 0 Å². The number of aryl methyl sites for hydroxylation is 2. The van der Waals surface area contributed by atoms with Crippen LogP contribution in [0.1, 0.15) is 38.6 Å². The minimum absolute atomic E-state index is 0.0580. The van der Waals surface area contributed by atoms with Crippen LogP contribution in [0.25, 0.3) is 0 Å². The molecule has 3 heterocycles. The fourth-order valence-corrected chi connectivity index (χ4v) is 3.72. The molecule has 3 rings (SSSR count). The Morgan fingerprint density at radius 1 is 1.31 bits per heavy atom. The van der Waals surface area contributed by atoms with E-state index >= 15 is 0 Å². The lowest BCUT2D eigenvalue weighted by molar-refractivity contribution is -0.381. The topological polar surface area (TPSA) is 119 Å². The Morgan fingerprint density at radius 3 is 2.50 bits per heavy atom. The molecular formula is C15H16N4O6S. The second-order valence-corrected chi connectivity index (χ2v) is 6.51. The normalized spacial score (nSPS) is 14.0. The Hall–Kier alpha value is -2.95. The smallest absolute Gasteiger partial charge is 0.366 e. The molecule has 1 fully saturated rings. The molecule has 26 heavy (non-hydrogen) atoms. The third-order valence-corrected chi connectivity index (χ3v) is 4.99. The van der Waals surface area contributed by atoms with Crippen molar-refractivity contribution in [3.63, 3.8) is 0 Å². The standard InChI is InChI=1S/C15H16N4O6S/c1-8-11(9(2)25-16-8)14(21)18-6-4-5-17(18)13(20)10-7-26-15(19(22)23)12(10)24-3/h7H,4-6H2,1-3H3. The van der Waals surface area contributed by atoms with E-state index in [1.165, 1.54) is 22.5 Å². The second kappa shape index (κ2) is 6.75. The molecule has 0 unspecified atom stereocenters. The molecule has 10 nitrogen and oxygen atoms in total. The molecule has 2 amide bonds. The number of rotatable bonds is 4. The number of hydrazine groups is 1. The fraction of sp³-hybridized carbons (Fsp3) is 0.400. The minimum Gasteiger partial charge on any atom is -0.489 e. The molecule has 2 aromatic heterocycles. The number of amides is 2. The van der Waals surface area contributed by atoms with Gasteiger partial charge in [-0.2, -0.15) is 0 Å². The summed E-state index contributed by atoms with van der Waals surface area (Å²) in [4.78, 5) is 36.2. The van der Waals surface area contributed by atoms with Crippen molar-refractivity contribution in [2.75, 3.05) is 20.2 Å². The highest BCUT2D eigenvalue weighted by atomic mass is 32.1. The number of methoxy groups -OCH3 is 1. The van der Waals surface area contributed by atoms with Gasteiger partial charge in [-0.15, -0.1) is 0 Å². The highest BCUT2D eigenvalue weighted by Gasteiger charge is 2.37. The van der Waals surface area contributed by atoms with Crippen LogP contribution in [-0.2, 0) is 0 Å². The molecule has 1 aliphatic heterocycles. The van der Waals surface area contributed by atoms with Gasteiger partial charge in [0.2, 0.25) is 5.75 Å². The number of carbonyl (C=O) groups excluding carboxylic acids is 2. The number of hydrogen-bond acceptors (Lipinski definition) is 8. The zero-order valence-electron chi connectivity index (χ0n) is 14.3. The van der Waals surface area contributed by atoms with E-state index in [-0.39, 0.29) is 16.3 Å². The predicted octanol–water partition coefficient (Wildman–Crippen LogP) is 2.17. The summed E-state index contributed by atoms with van der Waals surface area (Å²) in [6.45, 7) is 3.95. The quantitative estimate of drug-likeness (QED) is 0.589. The van der Waals surface area contributed by atoms with Crippen LogP contribution in [0.5, 0.6) is 5.75 Å². The van der Waals surface area contributed by atoms with Gasteiger partial charge in [-0.25, -0.2) is 10.0 Å². The first-order valence-electron chi connectivity index (χ1n) is 7.73. The molecule has 1 aliphatic rings. The molecule has 0 aromatic carbocycles. The molecule has 11 heteroatoms. The van der Waals surface area contributed by atoms with Gasteiger partial charge in [0.25, 0.3) is 11.8 Å². The van der Waals surface area contributed by atoms with E-state index in [2.05, 4.69) is 5.16 Å². The van der Waals surface area contributed by atoms with Crippen molar-refractivity contribution in [2.45, 2.75) is 20.3 Å². The van der Waals surface area contributed by atoms with Gasteiger partial charge in [0.05, 0.1) is 17.7 Å². The van der Waals surface area contributed by atoms with Crippen molar-refractivity contribution in [2.24, 2.45) is 0 Å². The molecule has 0 spiro atoms. The van der Waals surface area contributed by atoms with Crippen molar-refractivity contribution in [1.29, 1.82) is 0 Å². The molecule has 138 valence electrons. The second-order valence-electron chi connectivity index (χ2n) is 5.65. The van der Waals surface area contributed by atoms with E-state index in [1.807, 2.05) is 0 Å². The highest BCUT2D eigenvalue weighted by Crippen LogP contribution is 2.38. The van der Waals surface area contributed by atoms with E-state index in [0.29, 0.717) is 36.5 Å². The summed E-state index contributed by atoms with van der Waals surface area (Å²) in [6, 6.07) is 0. The van der Waals surface area contributed by atoms with Gasteiger partial charge in [-0.3, -0.25) is 19.7 Å². The fourth-order valence-electron chi connectivity index (χ4n) is 2.90. The van der Waals surface area contributed by atoms with Crippen molar-refractivity contribution in [3.05, 3.63) is 38.1 Å². The first-order chi connectivity index (χ1) is 12.4. The first kappa shape index (κ1) is 17.9. The van der Waals surface area contributed by atoms with Gasteiger partial charge in [-0.05, 0) is 20.3 Å². The summed E-state index contributed by atoms with van der Waals surface area (Å²) in [7, 11) is 1.27. The third kappa shape index (κ3) is 2.79. The van der Waals surface area contributed by atoms with E-state index < -0.39 is 16.7 Å². The molecule has 0 atom stereocenters. The lowest BCUT2D eigenvalue weighted by Gasteiger charge is -2.27. The lowest BCUT2D eigenvalue weighted by Crippen LogP contribution is -2.45. The van der Waals surface area contributed by atoms with Gasteiger partial charge in [0.15, 0.2) is 0 Å². The molecule has 0 saturated carbocycles. The maximum atomic E-state index is 12.9. The molecule has 0 radical (unpaired) electrons. The Kier molecular flexibility index (Phi) is 4.64. The Bertz CT molecular complexity index is 869. The average molecular weight is 380 g/mol. The van der Waals surface area contributed by atoms with Crippen LogP contribution in [0.3, 0.4) is 0 Å². The Balaban J connectivity index is 1.92. The summed E-state index contributed by atoms with van der Waals surface area (Å²) in [5.41, 5.74) is 0.811. The molecule has 0 N–H and O–H groups in total. The van der Waals surface area contributed by atoms with Crippen molar-refractivity contribution < 1.29 is 23.8 Å². The number of hydrogen-bond donors (Lipinski definition) is 0. The van der Waals surface area contributed by atoms with Gasteiger partial charge >= 0.3 is 5.00 Å². The largest absolute Gasteiger partial charge is 0.489 e. The van der Waals surface area contributed by atoms with Crippen LogP contribution < -0.4 is 4.74 Å². The zero-order chi connectivity index (χ0) is 19.0. The number of thiophene rings is 1. The van der Waals surface area contributed by atoms with Gasteiger partial charge in [0, 0.05) is 18.5 Å². The van der Waals surface area contributed by atoms with Crippen molar-refractivity contribution >= 4 is 28.2 Å². The SMILES string of the molecule is COc1c(C(=O)N2CCCN2C(=O)c2c(C)noc2C)csc1[N+](=O)[O-]. The van der Waals surface area contributed by atoms with E-state index in [9.17, 15) is 19.7 Å². The van der Waals surface area contributed by atoms with Gasteiger partial charge < -0.3 is 9.26 Å².